The van der Waals surface area contributed by atoms with Crippen LogP contribution in [-0.4, -0.2) is 22.6 Å². The van der Waals surface area contributed by atoms with Crippen LogP contribution in [0.3, 0.4) is 0 Å². The van der Waals surface area contributed by atoms with E-state index in [1.807, 2.05) is 6.07 Å². The van der Waals surface area contributed by atoms with Crippen LogP contribution in [0, 0.1) is 17.7 Å². The van der Waals surface area contributed by atoms with Gasteiger partial charge in [-0.1, -0.05) is 12.1 Å². The first-order chi connectivity index (χ1) is 11.2. The van der Waals surface area contributed by atoms with Crippen molar-refractivity contribution in [3.63, 3.8) is 0 Å². The van der Waals surface area contributed by atoms with Crippen LogP contribution in [0.5, 0.6) is 0 Å². The Bertz CT molecular complexity index is 736. The third kappa shape index (κ3) is 3.00. The largest absolute Gasteiger partial charge is 0.356 e. The summed E-state index contributed by atoms with van der Waals surface area (Å²) in [6.45, 7) is 0.810. The molecule has 0 radical (unpaired) electrons. The van der Waals surface area contributed by atoms with Crippen LogP contribution >= 0.6 is 0 Å². The first kappa shape index (κ1) is 14.4. The second-order valence-electron chi connectivity index (χ2n) is 6.67. The summed E-state index contributed by atoms with van der Waals surface area (Å²) in [6, 6.07) is 6.47. The maximum atomic E-state index is 13.5. The Labute approximate surface area is 134 Å². The number of carbonyl (C=O) groups excluding carboxylic acids is 1. The summed E-state index contributed by atoms with van der Waals surface area (Å²) in [7, 11) is 0. The average Bonchev–Trinajstić information content (AvgIpc) is 3.29. The standard InChI is InChI=1S/C18H20FN3O/c19-14-3-1-2-12(8-14)17-15-9-13(6-7-16(15)21-22-17)18(23)20-10-11-4-5-11/h1-3,8,11,13H,4-7,9-10H2,(H,20,23)(H,21,22). The highest BCUT2D eigenvalue weighted by Gasteiger charge is 2.30. The van der Waals surface area contributed by atoms with Crippen LogP contribution < -0.4 is 5.32 Å². The van der Waals surface area contributed by atoms with Crippen molar-refractivity contribution in [2.24, 2.45) is 11.8 Å². The molecule has 120 valence electrons. The molecule has 1 fully saturated rings. The van der Waals surface area contributed by atoms with Crippen molar-refractivity contribution in [3.8, 4) is 11.3 Å². The van der Waals surface area contributed by atoms with E-state index in [9.17, 15) is 9.18 Å². The molecular formula is C18H20FN3O. The van der Waals surface area contributed by atoms with Crippen LogP contribution in [0.4, 0.5) is 4.39 Å². The molecule has 1 atom stereocenters. The fraction of sp³-hybridized carbons (Fsp3) is 0.444. The van der Waals surface area contributed by atoms with Crippen LogP contribution in [-0.2, 0) is 17.6 Å². The number of nitrogens with zero attached hydrogens (tertiary/aromatic N) is 1. The third-order valence-corrected chi connectivity index (χ3v) is 4.88. The number of H-pyrrole nitrogens is 1. The smallest absolute Gasteiger partial charge is 0.223 e. The predicted molar refractivity (Wildman–Crippen MR) is 85.2 cm³/mol. The number of hydrogen-bond donors (Lipinski definition) is 2. The molecule has 2 aliphatic rings. The monoisotopic (exact) mass is 313 g/mol. The first-order valence-corrected chi connectivity index (χ1v) is 8.30. The number of nitrogens with one attached hydrogen (secondary N) is 2. The zero-order valence-corrected chi connectivity index (χ0v) is 12.9. The summed E-state index contributed by atoms with van der Waals surface area (Å²) in [6.07, 6.45) is 4.81. The Morgan fingerprint density at radius 2 is 2.22 bits per heavy atom. The maximum Gasteiger partial charge on any atom is 0.223 e. The molecule has 4 rings (SSSR count). The lowest BCUT2D eigenvalue weighted by molar-refractivity contribution is -0.125. The van der Waals surface area contributed by atoms with Crippen LogP contribution in [0.2, 0.25) is 0 Å². The molecule has 4 nitrogen and oxygen atoms in total. The van der Waals surface area contributed by atoms with Crippen molar-refractivity contribution in [1.29, 1.82) is 0 Å². The number of amides is 1. The average molecular weight is 313 g/mol. The summed E-state index contributed by atoms with van der Waals surface area (Å²) < 4.78 is 13.5. The summed E-state index contributed by atoms with van der Waals surface area (Å²) in [5, 5.41) is 10.5. The minimum absolute atomic E-state index is 0.00819. The molecule has 2 aliphatic carbocycles. The van der Waals surface area contributed by atoms with Crippen LogP contribution in [0.25, 0.3) is 11.3 Å². The maximum absolute atomic E-state index is 13.5. The molecule has 5 heteroatoms. The quantitative estimate of drug-likeness (QED) is 0.912. The summed E-state index contributed by atoms with van der Waals surface area (Å²) in [4.78, 5) is 12.4. The topological polar surface area (TPSA) is 57.8 Å². The molecule has 0 aliphatic heterocycles. The van der Waals surface area contributed by atoms with E-state index in [2.05, 4.69) is 15.5 Å². The number of carbonyl (C=O) groups is 1. The van der Waals surface area contributed by atoms with Gasteiger partial charge in [0.1, 0.15) is 5.82 Å². The number of rotatable bonds is 4. The van der Waals surface area contributed by atoms with Gasteiger partial charge in [0.15, 0.2) is 0 Å². The fourth-order valence-electron chi connectivity index (χ4n) is 3.30. The van der Waals surface area contributed by atoms with Gasteiger partial charge in [0.2, 0.25) is 5.91 Å². The Kier molecular flexibility index (Phi) is 3.63. The molecule has 1 amide bonds. The zero-order valence-electron chi connectivity index (χ0n) is 12.9. The van der Waals surface area contributed by atoms with Gasteiger partial charge in [-0.3, -0.25) is 9.89 Å². The molecule has 0 bridgehead atoms. The van der Waals surface area contributed by atoms with Gasteiger partial charge in [0.25, 0.3) is 0 Å². The van der Waals surface area contributed by atoms with Crippen molar-refractivity contribution >= 4 is 5.91 Å². The molecule has 2 N–H and O–H groups in total. The van der Waals surface area contributed by atoms with Gasteiger partial charge in [0.05, 0.1) is 5.69 Å². The van der Waals surface area contributed by atoms with Gasteiger partial charge >= 0.3 is 0 Å². The number of fused-ring (bicyclic) bond motifs is 1. The summed E-state index contributed by atoms with van der Waals surface area (Å²) >= 11 is 0. The number of aryl methyl sites for hydroxylation is 1. The molecule has 2 aromatic rings. The molecule has 0 saturated heterocycles. The number of benzene rings is 1. The van der Waals surface area contributed by atoms with E-state index in [0.29, 0.717) is 12.3 Å². The molecule has 23 heavy (non-hydrogen) atoms. The summed E-state index contributed by atoms with van der Waals surface area (Å²) in [5.41, 5.74) is 3.68. The van der Waals surface area contributed by atoms with Gasteiger partial charge in [-0.05, 0) is 50.2 Å². The number of hydrogen-bond acceptors (Lipinski definition) is 2. The van der Waals surface area contributed by atoms with Gasteiger partial charge in [-0.15, -0.1) is 0 Å². The highest BCUT2D eigenvalue weighted by molar-refractivity contribution is 5.80. The normalized spacial score (nSPS) is 20.1. The van der Waals surface area contributed by atoms with Crippen LogP contribution in [0.1, 0.15) is 30.5 Å². The van der Waals surface area contributed by atoms with E-state index in [0.717, 1.165) is 41.9 Å². The van der Waals surface area contributed by atoms with Crippen molar-refractivity contribution in [2.45, 2.75) is 32.1 Å². The molecule has 0 spiro atoms. The van der Waals surface area contributed by atoms with Gasteiger partial charge in [0, 0.05) is 29.3 Å². The number of aromatic amines is 1. The second kappa shape index (κ2) is 5.80. The lowest BCUT2D eigenvalue weighted by Crippen LogP contribution is -2.35. The van der Waals surface area contributed by atoms with Crippen molar-refractivity contribution in [3.05, 3.63) is 41.3 Å². The van der Waals surface area contributed by atoms with Gasteiger partial charge in [-0.2, -0.15) is 5.10 Å². The molecular weight excluding hydrogens is 293 g/mol. The predicted octanol–water partition coefficient (Wildman–Crippen LogP) is 2.85. The minimum Gasteiger partial charge on any atom is -0.356 e. The van der Waals surface area contributed by atoms with E-state index in [4.69, 9.17) is 0 Å². The van der Waals surface area contributed by atoms with E-state index < -0.39 is 0 Å². The molecule has 1 saturated carbocycles. The van der Waals surface area contributed by atoms with E-state index in [1.54, 1.807) is 6.07 Å². The van der Waals surface area contributed by atoms with Crippen LogP contribution in [0.15, 0.2) is 24.3 Å². The Morgan fingerprint density at radius 1 is 1.35 bits per heavy atom. The zero-order chi connectivity index (χ0) is 15.8. The number of halogens is 1. The minimum atomic E-state index is -0.270. The second-order valence-corrected chi connectivity index (χ2v) is 6.67. The van der Waals surface area contributed by atoms with Gasteiger partial charge < -0.3 is 5.32 Å². The van der Waals surface area contributed by atoms with Crippen molar-refractivity contribution in [1.82, 2.24) is 15.5 Å². The molecule has 1 heterocycles. The summed E-state index contributed by atoms with van der Waals surface area (Å²) in [5.74, 6) is 0.559. The lowest BCUT2D eigenvalue weighted by atomic mass is 9.85. The molecule has 1 aromatic heterocycles. The van der Waals surface area contributed by atoms with E-state index in [1.165, 1.54) is 25.0 Å². The Morgan fingerprint density at radius 3 is 3.00 bits per heavy atom. The SMILES string of the molecule is O=C(NCC1CC1)C1CCc2[nH]nc(-c3cccc(F)c3)c2C1. The first-order valence-electron chi connectivity index (χ1n) is 8.30. The highest BCUT2D eigenvalue weighted by Crippen LogP contribution is 2.33. The lowest BCUT2D eigenvalue weighted by Gasteiger charge is -2.22. The van der Waals surface area contributed by atoms with E-state index in [-0.39, 0.29) is 17.6 Å². The van der Waals surface area contributed by atoms with E-state index >= 15 is 0 Å². The van der Waals surface area contributed by atoms with Crippen molar-refractivity contribution < 1.29 is 9.18 Å². The highest BCUT2D eigenvalue weighted by atomic mass is 19.1. The third-order valence-electron chi connectivity index (χ3n) is 4.88. The molecule has 1 unspecified atom stereocenters. The Balaban J connectivity index is 1.53. The van der Waals surface area contributed by atoms with Crippen molar-refractivity contribution in [2.75, 3.05) is 6.54 Å². The molecule has 1 aromatic carbocycles. The number of aromatic nitrogens is 2. The fourth-order valence-corrected chi connectivity index (χ4v) is 3.30. The van der Waals surface area contributed by atoms with Gasteiger partial charge in [-0.25, -0.2) is 4.39 Å². The Hall–Kier alpha value is -2.17.